The SMILES string of the molecule is CCOC(=O)C(C)c1ccc2c(c1)C(C(=O)Cc1ccc3nc(Nc4ccccc4C)oc3c1)NCC2. The number of anilines is 2. The number of aromatic nitrogens is 1. The van der Waals surface area contributed by atoms with Gasteiger partial charge in [0.15, 0.2) is 11.4 Å². The Labute approximate surface area is 216 Å². The number of oxazole rings is 1. The average molecular weight is 498 g/mol. The summed E-state index contributed by atoms with van der Waals surface area (Å²) in [7, 11) is 0. The van der Waals surface area contributed by atoms with Crippen LogP contribution in [-0.2, 0) is 27.2 Å². The Morgan fingerprint density at radius 1 is 1.16 bits per heavy atom. The summed E-state index contributed by atoms with van der Waals surface area (Å²) in [5.74, 6) is -0.580. The molecule has 0 bridgehead atoms. The summed E-state index contributed by atoms with van der Waals surface area (Å²) in [5, 5.41) is 6.61. The van der Waals surface area contributed by atoms with E-state index in [1.165, 1.54) is 0 Å². The molecular formula is C30H31N3O4. The van der Waals surface area contributed by atoms with Crippen molar-refractivity contribution in [3.8, 4) is 0 Å². The number of nitrogens with one attached hydrogen (secondary N) is 2. The molecule has 2 heterocycles. The molecule has 5 rings (SSSR count). The Balaban J connectivity index is 1.34. The van der Waals surface area contributed by atoms with E-state index in [9.17, 15) is 9.59 Å². The number of carbonyl (C=O) groups is 2. The number of carbonyl (C=O) groups excluding carboxylic acids is 2. The number of aryl methyl sites for hydroxylation is 1. The third-order valence-corrected chi connectivity index (χ3v) is 6.90. The summed E-state index contributed by atoms with van der Waals surface area (Å²) in [6, 6.07) is 19.6. The molecule has 1 aromatic heterocycles. The Bertz CT molecular complexity index is 1460. The van der Waals surface area contributed by atoms with Gasteiger partial charge in [-0.2, -0.15) is 4.98 Å². The lowest BCUT2D eigenvalue weighted by molar-refractivity contribution is -0.144. The summed E-state index contributed by atoms with van der Waals surface area (Å²) in [4.78, 5) is 30.3. The topological polar surface area (TPSA) is 93.5 Å². The maximum atomic E-state index is 13.5. The van der Waals surface area contributed by atoms with Crippen LogP contribution in [0.3, 0.4) is 0 Å². The summed E-state index contributed by atoms with van der Waals surface area (Å²) in [5.41, 5.74) is 7.18. The number of Topliss-reactive ketones (excluding diaryl/α,β-unsaturated/α-hetero) is 1. The zero-order chi connectivity index (χ0) is 25.9. The molecular weight excluding hydrogens is 466 g/mol. The smallest absolute Gasteiger partial charge is 0.313 e. The number of hydrogen-bond acceptors (Lipinski definition) is 7. The first-order valence-electron chi connectivity index (χ1n) is 12.7. The third-order valence-electron chi connectivity index (χ3n) is 6.90. The second kappa shape index (κ2) is 10.6. The van der Waals surface area contributed by atoms with Crippen LogP contribution in [0.2, 0.25) is 0 Å². The van der Waals surface area contributed by atoms with Gasteiger partial charge < -0.3 is 19.8 Å². The van der Waals surface area contributed by atoms with E-state index >= 15 is 0 Å². The second-order valence-electron chi connectivity index (χ2n) is 9.47. The predicted molar refractivity (Wildman–Crippen MR) is 143 cm³/mol. The van der Waals surface area contributed by atoms with Gasteiger partial charge in [0.25, 0.3) is 6.01 Å². The number of fused-ring (bicyclic) bond motifs is 2. The Morgan fingerprint density at radius 2 is 2.00 bits per heavy atom. The van der Waals surface area contributed by atoms with Gasteiger partial charge in [-0.3, -0.25) is 9.59 Å². The number of nitrogens with zero attached hydrogens (tertiary/aromatic N) is 1. The highest BCUT2D eigenvalue weighted by Crippen LogP contribution is 2.30. The zero-order valence-corrected chi connectivity index (χ0v) is 21.3. The molecule has 1 aliphatic rings. The number of benzene rings is 3. The molecule has 3 aromatic carbocycles. The fourth-order valence-corrected chi connectivity index (χ4v) is 4.79. The van der Waals surface area contributed by atoms with Gasteiger partial charge in [-0.05, 0) is 73.2 Å². The predicted octanol–water partition coefficient (Wildman–Crippen LogP) is 5.55. The van der Waals surface area contributed by atoms with Crippen LogP contribution in [0.5, 0.6) is 0 Å². The molecule has 2 atom stereocenters. The minimum absolute atomic E-state index is 0.0685. The fraction of sp³-hybridized carbons (Fsp3) is 0.300. The van der Waals surface area contributed by atoms with Crippen molar-refractivity contribution in [3.63, 3.8) is 0 Å². The average Bonchev–Trinajstić information content (AvgIpc) is 3.30. The van der Waals surface area contributed by atoms with Gasteiger partial charge in [-0.1, -0.05) is 42.5 Å². The molecule has 2 unspecified atom stereocenters. The van der Waals surface area contributed by atoms with Gasteiger partial charge >= 0.3 is 5.97 Å². The Morgan fingerprint density at radius 3 is 2.81 bits per heavy atom. The van der Waals surface area contributed by atoms with Gasteiger partial charge in [0.05, 0.1) is 18.6 Å². The highest BCUT2D eigenvalue weighted by molar-refractivity contribution is 5.89. The van der Waals surface area contributed by atoms with Gasteiger partial charge in [0.1, 0.15) is 5.52 Å². The third kappa shape index (κ3) is 5.27. The number of ketones is 1. The van der Waals surface area contributed by atoms with Crippen molar-refractivity contribution in [2.24, 2.45) is 0 Å². The van der Waals surface area contributed by atoms with Gasteiger partial charge in [-0.25, -0.2) is 0 Å². The Kier molecular flexibility index (Phi) is 7.06. The van der Waals surface area contributed by atoms with Crippen LogP contribution >= 0.6 is 0 Å². The van der Waals surface area contributed by atoms with E-state index < -0.39 is 6.04 Å². The lowest BCUT2D eigenvalue weighted by Crippen LogP contribution is -2.36. The standard InChI is InChI=1S/C30H31N3O4/c1-4-36-29(35)19(3)22-11-10-21-13-14-31-28(23(21)17-22)26(34)15-20-9-12-25-27(16-20)37-30(33-25)32-24-8-6-5-7-18(24)2/h5-12,16-17,19,28,31H,4,13-15H2,1-3H3,(H,32,33). The van der Waals surface area contributed by atoms with E-state index in [0.29, 0.717) is 18.2 Å². The van der Waals surface area contributed by atoms with Crippen LogP contribution in [0.1, 0.15) is 53.6 Å². The quantitative estimate of drug-likeness (QED) is 0.309. The van der Waals surface area contributed by atoms with Crippen molar-refractivity contribution < 1.29 is 18.7 Å². The first-order valence-corrected chi connectivity index (χ1v) is 12.7. The van der Waals surface area contributed by atoms with Crippen LogP contribution in [0.15, 0.2) is 65.1 Å². The lowest BCUT2D eigenvalue weighted by atomic mass is 9.86. The molecule has 7 heteroatoms. The van der Waals surface area contributed by atoms with Crippen LogP contribution in [0.25, 0.3) is 11.1 Å². The monoisotopic (exact) mass is 497 g/mol. The molecule has 2 N–H and O–H groups in total. The lowest BCUT2D eigenvalue weighted by Gasteiger charge is -2.27. The van der Waals surface area contributed by atoms with E-state index in [2.05, 4.69) is 15.6 Å². The van der Waals surface area contributed by atoms with Crippen LogP contribution in [0, 0.1) is 6.92 Å². The van der Waals surface area contributed by atoms with Crippen LogP contribution in [0.4, 0.5) is 11.7 Å². The maximum absolute atomic E-state index is 13.5. The van der Waals surface area contributed by atoms with Crippen LogP contribution in [-0.4, -0.2) is 29.9 Å². The van der Waals surface area contributed by atoms with E-state index in [0.717, 1.165) is 52.0 Å². The molecule has 0 spiro atoms. The summed E-state index contributed by atoms with van der Waals surface area (Å²) in [6.07, 6.45) is 1.10. The summed E-state index contributed by atoms with van der Waals surface area (Å²) < 4.78 is 11.1. The maximum Gasteiger partial charge on any atom is 0.313 e. The van der Waals surface area contributed by atoms with E-state index in [-0.39, 0.29) is 24.1 Å². The molecule has 190 valence electrons. The van der Waals surface area contributed by atoms with E-state index in [1.807, 2.05) is 74.5 Å². The first-order chi connectivity index (χ1) is 17.9. The number of esters is 1. The number of para-hydroxylation sites is 1. The number of ether oxygens (including phenoxy) is 1. The Hall–Kier alpha value is -3.97. The summed E-state index contributed by atoms with van der Waals surface area (Å²) >= 11 is 0. The number of hydrogen-bond donors (Lipinski definition) is 2. The zero-order valence-electron chi connectivity index (χ0n) is 21.3. The molecule has 7 nitrogen and oxygen atoms in total. The van der Waals surface area contributed by atoms with E-state index in [1.54, 1.807) is 6.92 Å². The van der Waals surface area contributed by atoms with Gasteiger partial charge in [0.2, 0.25) is 0 Å². The van der Waals surface area contributed by atoms with Gasteiger partial charge in [0, 0.05) is 18.7 Å². The molecule has 37 heavy (non-hydrogen) atoms. The minimum Gasteiger partial charge on any atom is -0.466 e. The van der Waals surface area contributed by atoms with Gasteiger partial charge in [-0.15, -0.1) is 0 Å². The fourth-order valence-electron chi connectivity index (χ4n) is 4.79. The largest absolute Gasteiger partial charge is 0.466 e. The molecule has 1 aliphatic heterocycles. The second-order valence-corrected chi connectivity index (χ2v) is 9.47. The molecule has 0 amide bonds. The van der Waals surface area contributed by atoms with E-state index in [4.69, 9.17) is 9.15 Å². The number of rotatable bonds is 8. The first kappa shape index (κ1) is 24.7. The molecule has 0 aliphatic carbocycles. The highest BCUT2D eigenvalue weighted by atomic mass is 16.5. The molecule has 0 radical (unpaired) electrons. The molecule has 0 fully saturated rings. The van der Waals surface area contributed by atoms with Crippen molar-refractivity contribution in [3.05, 3.63) is 88.5 Å². The van der Waals surface area contributed by atoms with Crippen molar-refractivity contribution in [1.29, 1.82) is 0 Å². The normalized spacial score (nSPS) is 15.7. The minimum atomic E-state index is -0.429. The molecule has 4 aromatic rings. The van der Waals surface area contributed by atoms with Crippen LogP contribution < -0.4 is 10.6 Å². The molecule has 0 saturated carbocycles. The highest BCUT2D eigenvalue weighted by Gasteiger charge is 2.28. The van der Waals surface area contributed by atoms with Crippen molar-refractivity contribution in [2.75, 3.05) is 18.5 Å². The van der Waals surface area contributed by atoms with Crippen molar-refractivity contribution >= 4 is 34.6 Å². The van der Waals surface area contributed by atoms with Crippen molar-refractivity contribution in [1.82, 2.24) is 10.3 Å². The summed E-state index contributed by atoms with van der Waals surface area (Å²) in [6.45, 7) is 6.73. The molecule has 0 saturated heterocycles. The van der Waals surface area contributed by atoms with Crippen molar-refractivity contribution in [2.45, 2.75) is 45.6 Å².